The van der Waals surface area contributed by atoms with Gasteiger partial charge < -0.3 is 9.30 Å². The quantitative estimate of drug-likeness (QED) is 0.259. The van der Waals surface area contributed by atoms with E-state index in [0.717, 1.165) is 24.0 Å². The summed E-state index contributed by atoms with van der Waals surface area (Å²) in [6.45, 7) is 4.34. The van der Waals surface area contributed by atoms with Gasteiger partial charge in [-0.2, -0.15) is 9.97 Å². The Balaban J connectivity index is 1.56. The first kappa shape index (κ1) is 23.6. The van der Waals surface area contributed by atoms with E-state index in [4.69, 9.17) is 16.3 Å². The van der Waals surface area contributed by atoms with Gasteiger partial charge in [-0.15, -0.1) is 0 Å². The molecule has 186 valence electrons. The number of hydrogen-bond donors (Lipinski definition) is 0. The lowest BCUT2D eigenvalue weighted by Gasteiger charge is -2.15. The fourth-order valence-corrected chi connectivity index (χ4v) is 5.31. The Bertz CT molecular complexity index is 1570. The van der Waals surface area contributed by atoms with E-state index >= 15 is 0 Å². The van der Waals surface area contributed by atoms with Crippen molar-refractivity contribution in [2.45, 2.75) is 39.0 Å². The van der Waals surface area contributed by atoms with Crippen LogP contribution in [0.4, 0.5) is 0 Å². The van der Waals surface area contributed by atoms with E-state index in [2.05, 4.69) is 28.8 Å². The molecule has 0 N–H and O–H groups in total. The molecule has 3 aromatic heterocycles. The summed E-state index contributed by atoms with van der Waals surface area (Å²) < 4.78 is 10.1. The summed E-state index contributed by atoms with van der Waals surface area (Å²) in [4.78, 5) is 27.4. The topological polar surface area (TPSA) is 74.8 Å². The molecule has 6 rings (SSSR count). The zero-order valence-electron chi connectivity index (χ0n) is 20.6. The summed E-state index contributed by atoms with van der Waals surface area (Å²) in [6.07, 6.45) is 7.18. The Labute approximate surface area is 219 Å². The first-order valence-corrected chi connectivity index (χ1v) is 12.8. The Morgan fingerprint density at radius 3 is 2.16 bits per heavy atom. The first-order valence-electron chi connectivity index (χ1n) is 12.5. The van der Waals surface area contributed by atoms with Crippen molar-refractivity contribution in [2.24, 2.45) is 5.92 Å². The summed E-state index contributed by atoms with van der Waals surface area (Å²) in [6, 6.07) is 19.2. The molecule has 7 nitrogen and oxygen atoms in total. The molecule has 0 amide bonds. The zero-order valence-corrected chi connectivity index (χ0v) is 21.3. The van der Waals surface area contributed by atoms with E-state index < -0.39 is 0 Å². The van der Waals surface area contributed by atoms with Crippen LogP contribution in [0.15, 0.2) is 84.2 Å². The van der Waals surface area contributed by atoms with Gasteiger partial charge in [0.1, 0.15) is 6.23 Å². The summed E-state index contributed by atoms with van der Waals surface area (Å²) in [5.74, 6) is 0.936. The number of hydrogen-bond acceptors (Lipinski definition) is 5. The van der Waals surface area contributed by atoms with Crippen LogP contribution in [0, 0.1) is 5.92 Å². The third kappa shape index (κ3) is 4.24. The zero-order chi connectivity index (χ0) is 25.5. The SMILES string of the molecule is CC[C@H]1OC(n2cnc3c(-n4cc(-c5ccccc5)c(=O)c(-c5ccccc5)c4)nc(Cl)nc32)CC1C. The largest absolute Gasteiger partial charge is 0.354 e. The summed E-state index contributed by atoms with van der Waals surface area (Å²) in [5.41, 5.74) is 3.88. The molecule has 2 unspecified atom stereocenters. The monoisotopic (exact) mass is 511 g/mol. The van der Waals surface area contributed by atoms with E-state index in [9.17, 15) is 4.79 Å². The lowest BCUT2D eigenvalue weighted by atomic mass is 10.0. The van der Waals surface area contributed by atoms with Crippen LogP contribution in [0.5, 0.6) is 0 Å². The molecule has 0 saturated carbocycles. The Kier molecular flexibility index (Phi) is 6.10. The van der Waals surface area contributed by atoms with Gasteiger partial charge in [0.15, 0.2) is 22.4 Å². The number of halogens is 1. The van der Waals surface area contributed by atoms with Gasteiger partial charge in [0.05, 0.1) is 12.4 Å². The molecular formula is C29H26ClN5O2. The summed E-state index contributed by atoms with van der Waals surface area (Å²) >= 11 is 6.46. The number of benzene rings is 2. The van der Waals surface area contributed by atoms with E-state index in [1.165, 1.54) is 0 Å². The van der Waals surface area contributed by atoms with E-state index in [0.29, 0.717) is 34.0 Å². The van der Waals surface area contributed by atoms with Gasteiger partial charge in [-0.3, -0.25) is 9.36 Å². The van der Waals surface area contributed by atoms with E-state index in [1.807, 2.05) is 69.8 Å². The van der Waals surface area contributed by atoms with Crippen LogP contribution in [0.2, 0.25) is 5.28 Å². The molecule has 0 radical (unpaired) electrons. The summed E-state index contributed by atoms with van der Waals surface area (Å²) in [5, 5.41) is 0.101. The molecule has 1 aliphatic rings. The van der Waals surface area contributed by atoms with Gasteiger partial charge in [0.25, 0.3) is 0 Å². The maximum Gasteiger partial charge on any atom is 0.226 e. The molecule has 1 aliphatic heterocycles. The average Bonchev–Trinajstić information content (AvgIpc) is 3.52. The number of imidazole rings is 1. The van der Waals surface area contributed by atoms with Crippen molar-refractivity contribution in [3.63, 3.8) is 0 Å². The minimum absolute atomic E-state index is 0.0606. The number of nitrogens with zero attached hydrogens (tertiary/aromatic N) is 5. The highest BCUT2D eigenvalue weighted by Crippen LogP contribution is 2.36. The highest BCUT2D eigenvalue weighted by atomic mass is 35.5. The minimum Gasteiger partial charge on any atom is -0.354 e. The number of rotatable bonds is 5. The number of ether oxygens (including phenoxy) is 1. The van der Waals surface area contributed by atoms with Gasteiger partial charge in [-0.1, -0.05) is 74.5 Å². The standard InChI is InChI=1S/C29H26ClN5O2/c1-3-23-18(2)14-24(37-23)35-17-31-25-27(32-29(30)33-28(25)35)34-15-21(19-10-6-4-7-11-19)26(36)22(16-34)20-12-8-5-9-13-20/h4-13,15-18,23-24H,3,14H2,1-2H3/t18?,23-,24?/m1/s1. The van der Waals surface area contributed by atoms with Crippen molar-refractivity contribution >= 4 is 22.8 Å². The lowest BCUT2D eigenvalue weighted by Crippen LogP contribution is -2.14. The van der Waals surface area contributed by atoms with E-state index in [1.54, 1.807) is 18.7 Å². The van der Waals surface area contributed by atoms with Gasteiger partial charge in [-0.25, -0.2) is 4.98 Å². The number of pyridine rings is 1. The maximum atomic E-state index is 13.6. The smallest absolute Gasteiger partial charge is 0.226 e. The van der Waals surface area contributed by atoms with Gasteiger partial charge in [0, 0.05) is 23.5 Å². The Morgan fingerprint density at radius 1 is 0.973 bits per heavy atom. The molecule has 3 atom stereocenters. The molecule has 1 saturated heterocycles. The van der Waals surface area contributed by atoms with Gasteiger partial charge in [0.2, 0.25) is 5.28 Å². The third-order valence-electron chi connectivity index (χ3n) is 7.07. The highest BCUT2D eigenvalue weighted by Gasteiger charge is 2.33. The molecule has 2 aromatic carbocycles. The third-order valence-corrected chi connectivity index (χ3v) is 7.24. The Morgan fingerprint density at radius 2 is 1.59 bits per heavy atom. The van der Waals surface area contributed by atoms with Crippen molar-refractivity contribution in [3.05, 3.63) is 94.9 Å². The number of fused-ring (bicyclic) bond motifs is 1. The molecular weight excluding hydrogens is 486 g/mol. The van der Waals surface area contributed by atoms with Crippen molar-refractivity contribution in [1.29, 1.82) is 0 Å². The van der Waals surface area contributed by atoms with Crippen molar-refractivity contribution in [3.8, 4) is 28.1 Å². The van der Waals surface area contributed by atoms with Crippen LogP contribution in [0.1, 0.15) is 32.9 Å². The van der Waals surface area contributed by atoms with Crippen LogP contribution in [-0.2, 0) is 4.74 Å². The molecule has 1 fully saturated rings. The molecule has 4 heterocycles. The fourth-order valence-electron chi connectivity index (χ4n) is 5.15. The first-order chi connectivity index (χ1) is 18.0. The number of aromatic nitrogens is 5. The maximum absolute atomic E-state index is 13.6. The average molecular weight is 512 g/mol. The summed E-state index contributed by atoms with van der Waals surface area (Å²) in [7, 11) is 0. The van der Waals surface area contributed by atoms with Crippen LogP contribution in [0.3, 0.4) is 0 Å². The van der Waals surface area contributed by atoms with Crippen LogP contribution >= 0.6 is 11.6 Å². The second-order valence-corrected chi connectivity index (χ2v) is 9.78. The normalized spacial score (nSPS) is 19.5. The molecule has 0 aliphatic carbocycles. The molecule has 37 heavy (non-hydrogen) atoms. The second-order valence-electron chi connectivity index (χ2n) is 9.44. The highest BCUT2D eigenvalue weighted by molar-refractivity contribution is 6.28. The molecule has 5 aromatic rings. The molecule has 0 spiro atoms. The van der Waals surface area contributed by atoms with Crippen molar-refractivity contribution < 1.29 is 4.74 Å². The van der Waals surface area contributed by atoms with Crippen LogP contribution in [0.25, 0.3) is 39.2 Å². The van der Waals surface area contributed by atoms with E-state index in [-0.39, 0.29) is 23.0 Å². The van der Waals surface area contributed by atoms with Gasteiger partial charge >= 0.3 is 0 Å². The van der Waals surface area contributed by atoms with Crippen molar-refractivity contribution in [1.82, 2.24) is 24.1 Å². The minimum atomic E-state index is -0.169. The van der Waals surface area contributed by atoms with Crippen molar-refractivity contribution in [2.75, 3.05) is 0 Å². The molecule has 8 heteroatoms. The van der Waals surface area contributed by atoms with Gasteiger partial charge in [-0.05, 0) is 41.5 Å². The predicted octanol–water partition coefficient (Wildman–Crippen LogP) is 6.30. The van der Waals surface area contributed by atoms with Crippen LogP contribution in [-0.4, -0.2) is 30.2 Å². The molecule has 0 bridgehead atoms. The second kappa shape index (κ2) is 9.57. The predicted molar refractivity (Wildman–Crippen MR) is 145 cm³/mol. The lowest BCUT2D eigenvalue weighted by molar-refractivity contribution is -0.00304. The fraction of sp³-hybridized carbons (Fsp3) is 0.241. The Hall–Kier alpha value is -3.81. The van der Waals surface area contributed by atoms with Crippen LogP contribution < -0.4 is 5.43 Å².